The van der Waals surface area contributed by atoms with E-state index < -0.39 is 0 Å². The molecule has 5 rings (SSSR count). The second-order valence-corrected chi connectivity index (χ2v) is 8.26. The third-order valence-electron chi connectivity index (χ3n) is 5.75. The molecule has 1 saturated heterocycles. The fraction of sp³-hybridized carbons (Fsp3) is 0.450. The van der Waals surface area contributed by atoms with Gasteiger partial charge in [0.2, 0.25) is 5.13 Å². The average Bonchev–Trinajstić information content (AvgIpc) is 3.32. The van der Waals surface area contributed by atoms with Crippen molar-refractivity contribution >= 4 is 16.7 Å². The number of anilines is 1. The molecule has 144 valence electrons. The van der Waals surface area contributed by atoms with E-state index in [1.54, 1.807) is 29.2 Å². The van der Waals surface area contributed by atoms with Gasteiger partial charge in [-0.15, -0.1) is 0 Å². The molecule has 0 N–H and O–H groups in total. The minimum atomic E-state index is -0.0722. The van der Waals surface area contributed by atoms with Crippen LogP contribution >= 0.6 is 11.5 Å². The summed E-state index contributed by atoms with van der Waals surface area (Å²) in [5, 5.41) is 5.60. The summed E-state index contributed by atoms with van der Waals surface area (Å²) in [7, 11) is 0. The highest BCUT2D eigenvalue weighted by atomic mass is 32.1. The van der Waals surface area contributed by atoms with E-state index in [0.29, 0.717) is 12.5 Å². The smallest absolute Gasteiger partial charge is 0.266 e. The fourth-order valence-electron chi connectivity index (χ4n) is 3.91. The molecule has 7 nitrogen and oxygen atoms in total. The van der Waals surface area contributed by atoms with Crippen molar-refractivity contribution in [2.75, 3.05) is 11.4 Å². The molecule has 1 atom stereocenters. The van der Waals surface area contributed by atoms with E-state index in [1.165, 1.54) is 30.8 Å². The molecule has 8 heteroatoms. The van der Waals surface area contributed by atoms with Crippen molar-refractivity contribution in [3.63, 3.8) is 0 Å². The van der Waals surface area contributed by atoms with Crippen LogP contribution < -0.4 is 10.5 Å². The number of pyridine rings is 1. The molecule has 0 amide bonds. The average molecular weight is 395 g/mol. The van der Waals surface area contributed by atoms with Gasteiger partial charge in [0.15, 0.2) is 0 Å². The summed E-state index contributed by atoms with van der Waals surface area (Å²) in [6.45, 7) is 1.53. The lowest BCUT2D eigenvalue weighted by Gasteiger charge is -2.24. The first-order chi connectivity index (χ1) is 13.8. The van der Waals surface area contributed by atoms with Crippen LogP contribution in [0.15, 0.2) is 41.5 Å². The minimum Gasteiger partial charge on any atom is -0.342 e. The zero-order valence-corrected chi connectivity index (χ0v) is 16.4. The molecule has 28 heavy (non-hydrogen) atoms. The molecule has 2 fully saturated rings. The summed E-state index contributed by atoms with van der Waals surface area (Å²) in [5.41, 5.74) is 1.67. The second-order valence-electron chi connectivity index (χ2n) is 7.53. The first-order valence-corrected chi connectivity index (χ1v) is 10.6. The van der Waals surface area contributed by atoms with E-state index in [4.69, 9.17) is 4.98 Å². The third kappa shape index (κ3) is 3.32. The lowest BCUT2D eigenvalue weighted by molar-refractivity contribution is 0.404. The lowest BCUT2D eigenvalue weighted by atomic mass is 9.85. The number of nitrogens with zero attached hydrogens (tertiary/aromatic N) is 6. The number of rotatable bonds is 5. The molecule has 3 aromatic rings. The summed E-state index contributed by atoms with van der Waals surface area (Å²) in [5.74, 6) is 1.55. The monoisotopic (exact) mass is 394 g/mol. The molecule has 1 saturated carbocycles. The first-order valence-electron chi connectivity index (χ1n) is 9.87. The zero-order valence-electron chi connectivity index (χ0n) is 15.6. The Morgan fingerprint density at radius 2 is 1.93 bits per heavy atom. The lowest BCUT2D eigenvalue weighted by Crippen LogP contribution is -2.37. The topological polar surface area (TPSA) is 76.8 Å². The maximum absolute atomic E-state index is 12.4. The van der Waals surface area contributed by atoms with E-state index in [2.05, 4.69) is 19.4 Å². The van der Waals surface area contributed by atoms with Crippen LogP contribution in [0.3, 0.4) is 0 Å². The van der Waals surface area contributed by atoms with Gasteiger partial charge in [0.1, 0.15) is 5.82 Å². The third-order valence-corrected chi connectivity index (χ3v) is 6.52. The Balaban J connectivity index is 1.37. The van der Waals surface area contributed by atoms with Crippen molar-refractivity contribution in [2.45, 2.75) is 50.6 Å². The van der Waals surface area contributed by atoms with Gasteiger partial charge >= 0.3 is 0 Å². The molecule has 4 heterocycles. The maximum atomic E-state index is 12.4. The van der Waals surface area contributed by atoms with Gasteiger partial charge in [-0.3, -0.25) is 9.78 Å². The van der Waals surface area contributed by atoms with Crippen molar-refractivity contribution in [1.29, 1.82) is 0 Å². The van der Waals surface area contributed by atoms with Crippen molar-refractivity contribution in [3.05, 3.63) is 52.8 Å². The van der Waals surface area contributed by atoms with Gasteiger partial charge in [-0.1, -0.05) is 6.42 Å². The van der Waals surface area contributed by atoms with Gasteiger partial charge in [-0.25, -0.2) is 9.67 Å². The van der Waals surface area contributed by atoms with E-state index in [9.17, 15) is 4.79 Å². The fourth-order valence-corrected chi connectivity index (χ4v) is 4.75. The van der Waals surface area contributed by atoms with Gasteiger partial charge in [-0.2, -0.15) is 9.47 Å². The van der Waals surface area contributed by atoms with Gasteiger partial charge in [0.05, 0.1) is 18.3 Å². The summed E-state index contributed by atoms with van der Waals surface area (Å²) < 4.78 is 6.18. The summed E-state index contributed by atoms with van der Waals surface area (Å²) in [6.07, 6.45) is 9.31. The van der Waals surface area contributed by atoms with Crippen molar-refractivity contribution < 1.29 is 0 Å². The van der Waals surface area contributed by atoms with Crippen molar-refractivity contribution in [1.82, 2.24) is 24.1 Å². The van der Waals surface area contributed by atoms with E-state index in [-0.39, 0.29) is 11.6 Å². The molecular weight excluding hydrogens is 372 g/mol. The van der Waals surface area contributed by atoms with E-state index >= 15 is 0 Å². The molecule has 0 aromatic carbocycles. The zero-order chi connectivity index (χ0) is 18.9. The number of aromatic nitrogens is 5. The molecular formula is C20H22N6OS. The van der Waals surface area contributed by atoms with Gasteiger partial charge in [0.25, 0.3) is 5.56 Å². The van der Waals surface area contributed by atoms with Crippen LogP contribution in [0.5, 0.6) is 0 Å². The highest BCUT2D eigenvalue weighted by Crippen LogP contribution is 2.37. The van der Waals surface area contributed by atoms with Gasteiger partial charge in [0, 0.05) is 48.0 Å². The maximum Gasteiger partial charge on any atom is 0.266 e. The number of hydrogen-bond donors (Lipinski definition) is 0. The van der Waals surface area contributed by atoms with Crippen LogP contribution in [-0.4, -0.2) is 36.7 Å². The molecule has 0 bridgehead atoms. The van der Waals surface area contributed by atoms with Crippen LogP contribution in [-0.2, 0) is 6.54 Å². The van der Waals surface area contributed by atoms with E-state index in [0.717, 1.165) is 41.6 Å². The largest absolute Gasteiger partial charge is 0.342 e. The van der Waals surface area contributed by atoms with Crippen molar-refractivity contribution in [3.8, 4) is 11.3 Å². The van der Waals surface area contributed by atoms with E-state index in [1.807, 2.05) is 12.1 Å². The Morgan fingerprint density at radius 3 is 2.71 bits per heavy atom. The standard InChI is InChI=1S/C20H22N6OS/c27-18-7-6-17(14-8-10-21-11-9-14)23-26(18)13-16-5-2-12-25(16)20-22-19(24-28-20)15-3-1-4-15/h6-11,15-16H,1-5,12-13H2. The highest BCUT2D eigenvalue weighted by molar-refractivity contribution is 7.09. The van der Waals surface area contributed by atoms with Crippen LogP contribution in [0.25, 0.3) is 11.3 Å². The predicted molar refractivity (Wildman–Crippen MR) is 109 cm³/mol. The minimum absolute atomic E-state index is 0.0722. The second kappa shape index (κ2) is 7.43. The van der Waals surface area contributed by atoms with Gasteiger partial charge in [-0.05, 0) is 43.9 Å². The van der Waals surface area contributed by atoms with Crippen LogP contribution in [0, 0.1) is 0 Å². The molecule has 0 spiro atoms. The van der Waals surface area contributed by atoms with Crippen LogP contribution in [0.2, 0.25) is 0 Å². The Hall–Kier alpha value is -2.61. The molecule has 1 unspecified atom stereocenters. The predicted octanol–water partition coefficient (Wildman–Crippen LogP) is 3.09. The number of hydrogen-bond acceptors (Lipinski definition) is 7. The highest BCUT2D eigenvalue weighted by Gasteiger charge is 2.30. The Bertz CT molecular complexity index is 1010. The Morgan fingerprint density at radius 1 is 1.07 bits per heavy atom. The quantitative estimate of drug-likeness (QED) is 0.662. The first kappa shape index (κ1) is 17.5. The molecule has 2 aliphatic rings. The normalized spacial score (nSPS) is 19.7. The molecule has 1 aliphatic carbocycles. The molecule has 0 radical (unpaired) electrons. The Labute approximate surface area is 167 Å². The summed E-state index contributed by atoms with van der Waals surface area (Å²) in [4.78, 5) is 23.6. The van der Waals surface area contributed by atoms with Crippen LogP contribution in [0.4, 0.5) is 5.13 Å². The van der Waals surface area contributed by atoms with Crippen molar-refractivity contribution in [2.24, 2.45) is 0 Å². The summed E-state index contributed by atoms with van der Waals surface area (Å²) >= 11 is 1.49. The SMILES string of the molecule is O=c1ccc(-c2ccncc2)nn1CC1CCCN1c1nc(C2CCC2)ns1. The van der Waals surface area contributed by atoms with Crippen LogP contribution in [0.1, 0.15) is 43.8 Å². The molecule has 1 aliphatic heterocycles. The summed E-state index contributed by atoms with van der Waals surface area (Å²) in [6, 6.07) is 7.41. The Kier molecular flexibility index (Phi) is 4.64. The van der Waals surface area contributed by atoms with Gasteiger partial charge < -0.3 is 4.90 Å². The molecule has 3 aromatic heterocycles.